The lowest BCUT2D eigenvalue weighted by atomic mass is 10.1. The summed E-state index contributed by atoms with van der Waals surface area (Å²) < 4.78 is 26.5. The Morgan fingerprint density at radius 2 is 1.77 bits per heavy atom. The highest BCUT2D eigenvalue weighted by molar-refractivity contribution is 7.92. The number of carbonyl (C=O) groups excluding carboxylic acids is 2. The molecule has 0 aliphatic carbocycles. The number of hydrogen-bond donors (Lipinski definition) is 1. The van der Waals surface area contributed by atoms with Gasteiger partial charge in [-0.15, -0.1) is 0 Å². The van der Waals surface area contributed by atoms with Crippen LogP contribution in [0.2, 0.25) is 5.02 Å². The summed E-state index contributed by atoms with van der Waals surface area (Å²) in [4.78, 5) is 28.2. The maximum atomic E-state index is 13.7. The van der Waals surface area contributed by atoms with Crippen LogP contribution >= 0.6 is 11.6 Å². The van der Waals surface area contributed by atoms with Crippen LogP contribution in [0.4, 0.5) is 5.69 Å². The number of nitrogens with zero attached hydrogens (tertiary/aromatic N) is 2. The van der Waals surface area contributed by atoms with Gasteiger partial charge in [0.25, 0.3) is 0 Å². The molecule has 0 saturated heterocycles. The second-order valence-corrected chi connectivity index (χ2v) is 11.0. The van der Waals surface area contributed by atoms with Crippen LogP contribution in [-0.4, -0.2) is 50.5 Å². The van der Waals surface area contributed by atoms with Crippen molar-refractivity contribution in [3.63, 3.8) is 0 Å². The Morgan fingerprint density at radius 1 is 1.09 bits per heavy atom. The fourth-order valence-electron chi connectivity index (χ4n) is 3.89. The number of halogens is 1. The van der Waals surface area contributed by atoms with Crippen molar-refractivity contribution >= 4 is 39.1 Å². The predicted molar refractivity (Wildman–Crippen MR) is 142 cm³/mol. The van der Waals surface area contributed by atoms with E-state index in [1.165, 1.54) is 4.90 Å². The molecule has 1 atom stereocenters. The molecule has 35 heavy (non-hydrogen) atoms. The zero-order valence-corrected chi connectivity index (χ0v) is 22.7. The first kappa shape index (κ1) is 28.7. The van der Waals surface area contributed by atoms with Gasteiger partial charge in [-0.1, -0.05) is 67.8 Å². The van der Waals surface area contributed by atoms with Crippen LogP contribution in [-0.2, 0) is 26.2 Å². The molecule has 0 radical (unpaired) electrons. The topological polar surface area (TPSA) is 86.8 Å². The molecule has 0 fully saturated rings. The molecule has 0 unspecified atom stereocenters. The Kier molecular flexibility index (Phi) is 10.6. The molecule has 0 aromatic heterocycles. The molecule has 2 rings (SSSR count). The molecule has 7 nitrogen and oxygen atoms in total. The Morgan fingerprint density at radius 3 is 2.37 bits per heavy atom. The van der Waals surface area contributed by atoms with Crippen molar-refractivity contribution in [2.75, 3.05) is 23.7 Å². The Hall–Kier alpha value is -2.58. The molecule has 9 heteroatoms. The van der Waals surface area contributed by atoms with E-state index in [4.69, 9.17) is 11.6 Å². The zero-order chi connectivity index (χ0) is 26.2. The minimum Gasteiger partial charge on any atom is -0.354 e. The number of amides is 2. The first-order valence-electron chi connectivity index (χ1n) is 11.8. The van der Waals surface area contributed by atoms with Crippen LogP contribution in [0.25, 0.3) is 0 Å². The lowest BCUT2D eigenvalue weighted by molar-refractivity contribution is -0.140. The average Bonchev–Trinajstić information content (AvgIpc) is 2.79. The molecule has 0 bridgehead atoms. The molecule has 2 amide bonds. The number of unbranched alkanes of at least 4 members (excludes halogenated alkanes) is 1. The standard InChI is InChI=1S/C26H36ClN3O4S/c1-6-8-15-28-26(32)23(7-2)29(17-21-12-9-11-19(3)16-21)25(31)18-30(35(5,33)34)24-14-10-13-22(27)20(24)4/h9-14,16,23H,6-8,15,17-18H2,1-5H3,(H,28,32)/t23-/m1/s1. The van der Waals surface area contributed by atoms with Crippen LogP contribution in [0.3, 0.4) is 0 Å². The summed E-state index contributed by atoms with van der Waals surface area (Å²) in [7, 11) is -3.81. The van der Waals surface area contributed by atoms with Gasteiger partial charge in [-0.3, -0.25) is 13.9 Å². The maximum Gasteiger partial charge on any atom is 0.244 e. The summed E-state index contributed by atoms with van der Waals surface area (Å²) in [5.41, 5.74) is 2.79. The Labute approximate surface area is 214 Å². The van der Waals surface area contributed by atoms with Crippen molar-refractivity contribution in [1.29, 1.82) is 0 Å². The van der Waals surface area contributed by atoms with Crippen molar-refractivity contribution in [3.05, 3.63) is 64.2 Å². The molecular weight excluding hydrogens is 486 g/mol. The second-order valence-electron chi connectivity index (χ2n) is 8.73. The van der Waals surface area contributed by atoms with Crippen molar-refractivity contribution in [1.82, 2.24) is 10.2 Å². The number of aryl methyl sites for hydroxylation is 1. The van der Waals surface area contributed by atoms with Crippen LogP contribution in [0, 0.1) is 13.8 Å². The van der Waals surface area contributed by atoms with Gasteiger partial charge < -0.3 is 10.2 Å². The van der Waals surface area contributed by atoms with E-state index >= 15 is 0 Å². The summed E-state index contributed by atoms with van der Waals surface area (Å²) in [5, 5.41) is 3.32. The molecule has 2 aromatic carbocycles. The first-order chi connectivity index (χ1) is 16.5. The van der Waals surface area contributed by atoms with E-state index in [0.29, 0.717) is 29.2 Å². The highest BCUT2D eigenvalue weighted by Crippen LogP contribution is 2.28. The number of hydrogen-bond acceptors (Lipinski definition) is 4. The third-order valence-electron chi connectivity index (χ3n) is 5.84. The van der Waals surface area contributed by atoms with E-state index in [-0.39, 0.29) is 12.5 Å². The van der Waals surface area contributed by atoms with Gasteiger partial charge in [0.1, 0.15) is 12.6 Å². The SMILES string of the molecule is CCCCNC(=O)[C@@H](CC)N(Cc1cccc(C)c1)C(=O)CN(c1cccc(Cl)c1C)S(C)(=O)=O. The van der Waals surface area contributed by atoms with Crippen LogP contribution in [0.1, 0.15) is 49.8 Å². The van der Waals surface area contributed by atoms with E-state index in [0.717, 1.165) is 34.5 Å². The molecule has 0 spiro atoms. The van der Waals surface area contributed by atoms with E-state index < -0.39 is 28.5 Å². The van der Waals surface area contributed by atoms with Gasteiger partial charge in [0.2, 0.25) is 21.8 Å². The minimum absolute atomic E-state index is 0.187. The lowest BCUT2D eigenvalue weighted by Gasteiger charge is -2.33. The molecule has 0 saturated carbocycles. The smallest absolute Gasteiger partial charge is 0.244 e. The van der Waals surface area contributed by atoms with Crippen molar-refractivity contribution in [2.24, 2.45) is 0 Å². The van der Waals surface area contributed by atoms with Crippen molar-refractivity contribution in [3.8, 4) is 0 Å². The van der Waals surface area contributed by atoms with Gasteiger partial charge in [0.05, 0.1) is 11.9 Å². The molecule has 2 aromatic rings. The fourth-order valence-corrected chi connectivity index (χ4v) is 4.96. The molecular formula is C26H36ClN3O4S. The van der Waals surface area contributed by atoms with E-state index in [1.807, 2.05) is 45.0 Å². The highest BCUT2D eigenvalue weighted by atomic mass is 35.5. The quantitative estimate of drug-likeness (QED) is 0.418. The van der Waals surface area contributed by atoms with E-state index in [2.05, 4.69) is 5.32 Å². The predicted octanol–water partition coefficient (Wildman–Crippen LogP) is 4.45. The Balaban J connectivity index is 2.45. The van der Waals surface area contributed by atoms with Crippen molar-refractivity contribution < 1.29 is 18.0 Å². The van der Waals surface area contributed by atoms with Crippen molar-refractivity contribution in [2.45, 2.75) is 59.5 Å². The van der Waals surface area contributed by atoms with Crippen LogP contribution < -0.4 is 9.62 Å². The van der Waals surface area contributed by atoms with E-state index in [9.17, 15) is 18.0 Å². The summed E-state index contributed by atoms with van der Waals surface area (Å²) in [6.07, 6.45) is 3.22. The number of rotatable bonds is 12. The summed E-state index contributed by atoms with van der Waals surface area (Å²) >= 11 is 6.23. The molecule has 1 N–H and O–H groups in total. The summed E-state index contributed by atoms with van der Waals surface area (Å²) in [6.45, 7) is 7.82. The molecule has 192 valence electrons. The second kappa shape index (κ2) is 12.9. The van der Waals surface area contributed by atoms with Gasteiger partial charge in [-0.25, -0.2) is 8.42 Å². The fraction of sp³-hybridized carbons (Fsp3) is 0.462. The number of carbonyl (C=O) groups is 2. The normalized spacial score (nSPS) is 12.2. The average molecular weight is 522 g/mol. The van der Waals surface area contributed by atoms with Gasteiger partial charge >= 0.3 is 0 Å². The third kappa shape index (κ3) is 7.97. The van der Waals surface area contributed by atoms with Gasteiger partial charge in [-0.05, 0) is 49.9 Å². The molecule has 0 aliphatic heterocycles. The Bertz CT molecular complexity index is 1140. The van der Waals surface area contributed by atoms with Gasteiger partial charge in [-0.2, -0.15) is 0 Å². The first-order valence-corrected chi connectivity index (χ1v) is 14.1. The molecule has 0 heterocycles. The minimum atomic E-state index is -3.81. The highest BCUT2D eigenvalue weighted by Gasteiger charge is 2.32. The number of benzene rings is 2. The largest absolute Gasteiger partial charge is 0.354 e. The van der Waals surface area contributed by atoms with Crippen LogP contribution in [0.15, 0.2) is 42.5 Å². The van der Waals surface area contributed by atoms with Gasteiger partial charge in [0, 0.05) is 18.1 Å². The summed E-state index contributed by atoms with van der Waals surface area (Å²) in [5.74, 6) is -0.708. The number of anilines is 1. The summed E-state index contributed by atoms with van der Waals surface area (Å²) in [6, 6.07) is 11.9. The molecule has 0 aliphatic rings. The van der Waals surface area contributed by atoms with Crippen LogP contribution in [0.5, 0.6) is 0 Å². The lowest BCUT2D eigenvalue weighted by Crippen LogP contribution is -2.52. The third-order valence-corrected chi connectivity index (χ3v) is 7.37. The van der Waals surface area contributed by atoms with E-state index in [1.54, 1.807) is 25.1 Å². The monoisotopic (exact) mass is 521 g/mol. The number of sulfonamides is 1. The van der Waals surface area contributed by atoms with Gasteiger partial charge in [0.15, 0.2) is 0 Å². The maximum absolute atomic E-state index is 13.7. The zero-order valence-electron chi connectivity index (χ0n) is 21.2. The number of nitrogens with one attached hydrogen (secondary N) is 1.